The molecule has 1 fully saturated rings. The summed E-state index contributed by atoms with van der Waals surface area (Å²) in [6.07, 6.45) is 3.38. The summed E-state index contributed by atoms with van der Waals surface area (Å²) in [6, 6.07) is 8.90. The van der Waals surface area contributed by atoms with Gasteiger partial charge < -0.3 is 19.9 Å². The SMILES string of the molecule is O=C(NCc1nc(-c2ccc(Oc3ccc(F)cc3)nc2)no1)C1CCCN1. The van der Waals surface area contributed by atoms with Crippen molar-refractivity contribution in [3.05, 3.63) is 54.3 Å². The fourth-order valence-electron chi connectivity index (χ4n) is 2.83. The molecule has 8 nitrogen and oxygen atoms in total. The zero-order chi connectivity index (χ0) is 19.3. The molecule has 4 rings (SSSR count). The molecule has 9 heteroatoms. The summed E-state index contributed by atoms with van der Waals surface area (Å²) in [4.78, 5) is 20.5. The Hall–Kier alpha value is -3.33. The van der Waals surface area contributed by atoms with Crippen LogP contribution in [0.25, 0.3) is 11.4 Å². The Morgan fingerprint density at radius 1 is 1.29 bits per heavy atom. The van der Waals surface area contributed by atoms with Crippen molar-refractivity contribution < 1.29 is 18.4 Å². The van der Waals surface area contributed by atoms with Gasteiger partial charge in [-0.05, 0) is 49.7 Å². The van der Waals surface area contributed by atoms with Crippen LogP contribution in [-0.4, -0.2) is 33.6 Å². The van der Waals surface area contributed by atoms with Crippen LogP contribution in [0.15, 0.2) is 47.1 Å². The number of hydrogen-bond acceptors (Lipinski definition) is 7. The fraction of sp³-hybridized carbons (Fsp3) is 0.263. The monoisotopic (exact) mass is 383 g/mol. The maximum absolute atomic E-state index is 12.9. The molecule has 1 aliphatic rings. The van der Waals surface area contributed by atoms with E-state index < -0.39 is 0 Å². The van der Waals surface area contributed by atoms with Crippen LogP contribution in [0.3, 0.4) is 0 Å². The molecule has 1 aliphatic heterocycles. The Morgan fingerprint density at radius 3 is 2.86 bits per heavy atom. The number of nitrogens with one attached hydrogen (secondary N) is 2. The minimum atomic E-state index is -0.334. The molecule has 144 valence electrons. The highest BCUT2D eigenvalue weighted by Gasteiger charge is 2.22. The Balaban J connectivity index is 1.35. The van der Waals surface area contributed by atoms with Crippen molar-refractivity contribution >= 4 is 5.91 Å². The van der Waals surface area contributed by atoms with Crippen LogP contribution in [0.5, 0.6) is 11.6 Å². The molecule has 28 heavy (non-hydrogen) atoms. The van der Waals surface area contributed by atoms with Crippen molar-refractivity contribution in [2.75, 3.05) is 6.54 Å². The summed E-state index contributed by atoms with van der Waals surface area (Å²) in [7, 11) is 0. The molecule has 2 N–H and O–H groups in total. The smallest absolute Gasteiger partial charge is 0.246 e. The average molecular weight is 383 g/mol. The van der Waals surface area contributed by atoms with Crippen LogP contribution in [0.2, 0.25) is 0 Å². The quantitative estimate of drug-likeness (QED) is 0.674. The highest BCUT2D eigenvalue weighted by Crippen LogP contribution is 2.22. The molecule has 0 saturated carbocycles. The molecule has 1 amide bonds. The summed E-state index contributed by atoms with van der Waals surface area (Å²) in [5, 5.41) is 9.83. The second kappa shape index (κ2) is 8.13. The summed E-state index contributed by atoms with van der Waals surface area (Å²) >= 11 is 0. The lowest BCUT2D eigenvalue weighted by molar-refractivity contribution is -0.123. The van der Waals surface area contributed by atoms with Gasteiger partial charge in [-0.3, -0.25) is 4.79 Å². The minimum Gasteiger partial charge on any atom is -0.439 e. The van der Waals surface area contributed by atoms with Crippen molar-refractivity contribution in [2.45, 2.75) is 25.4 Å². The molecule has 0 spiro atoms. The van der Waals surface area contributed by atoms with Crippen LogP contribution in [0.1, 0.15) is 18.7 Å². The van der Waals surface area contributed by atoms with Crippen LogP contribution in [0.4, 0.5) is 4.39 Å². The topological polar surface area (TPSA) is 102 Å². The molecule has 1 saturated heterocycles. The van der Waals surface area contributed by atoms with Gasteiger partial charge in [0.25, 0.3) is 0 Å². The Kier molecular flexibility index (Phi) is 5.24. The third kappa shape index (κ3) is 4.32. The summed E-state index contributed by atoms with van der Waals surface area (Å²) in [5.41, 5.74) is 0.644. The van der Waals surface area contributed by atoms with Crippen molar-refractivity contribution in [3.63, 3.8) is 0 Å². The van der Waals surface area contributed by atoms with Gasteiger partial charge in [-0.15, -0.1) is 0 Å². The number of amides is 1. The molecule has 2 aromatic heterocycles. The number of nitrogens with zero attached hydrogens (tertiary/aromatic N) is 3. The predicted molar refractivity (Wildman–Crippen MR) is 96.9 cm³/mol. The lowest BCUT2D eigenvalue weighted by atomic mass is 10.2. The van der Waals surface area contributed by atoms with E-state index in [4.69, 9.17) is 9.26 Å². The van der Waals surface area contributed by atoms with E-state index in [9.17, 15) is 9.18 Å². The lowest BCUT2D eigenvalue weighted by Crippen LogP contribution is -2.40. The molecule has 1 atom stereocenters. The van der Waals surface area contributed by atoms with Crippen molar-refractivity contribution in [3.8, 4) is 23.0 Å². The van der Waals surface area contributed by atoms with Gasteiger partial charge in [0.1, 0.15) is 11.6 Å². The number of ether oxygens (including phenoxy) is 1. The summed E-state index contributed by atoms with van der Waals surface area (Å²) < 4.78 is 23.7. The standard InChI is InChI=1S/C19H18FN5O3/c20-13-4-6-14(7-5-13)27-16-8-3-12(10-22-16)18-24-17(28-25-18)11-23-19(26)15-2-1-9-21-15/h3-8,10,15,21H,1-2,9,11H2,(H,23,26). The predicted octanol–water partition coefficient (Wildman–Crippen LogP) is 2.43. The maximum Gasteiger partial charge on any atom is 0.246 e. The second-order valence-electron chi connectivity index (χ2n) is 6.32. The van der Waals surface area contributed by atoms with Gasteiger partial charge in [0, 0.05) is 17.8 Å². The molecule has 1 aromatic carbocycles. The number of aromatic nitrogens is 3. The number of carbonyl (C=O) groups is 1. The van der Waals surface area contributed by atoms with Gasteiger partial charge >= 0.3 is 0 Å². The summed E-state index contributed by atoms with van der Waals surface area (Å²) in [6.45, 7) is 1.03. The Bertz CT molecular complexity index is 937. The number of rotatable bonds is 6. The number of halogens is 1. The van der Waals surface area contributed by atoms with E-state index in [0.717, 1.165) is 19.4 Å². The number of pyridine rings is 1. The maximum atomic E-state index is 12.9. The van der Waals surface area contributed by atoms with Crippen molar-refractivity contribution in [1.82, 2.24) is 25.8 Å². The molecule has 3 heterocycles. The van der Waals surface area contributed by atoms with E-state index in [2.05, 4.69) is 25.8 Å². The molecular weight excluding hydrogens is 365 g/mol. The van der Waals surface area contributed by atoms with E-state index in [1.54, 1.807) is 18.3 Å². The molecule has 0 radical (unpaired) electrons. The lowest BCUT2D eigenvalue weighted by Gasteiger charge is -2.08. The number of hydrogen-bond donors (Lipinski definition) is 2. The average Bonchev–Trinajstić information content (AvgIpc) is 3.41. The first-order chi connectivity index (χ1) is 13.7. The van der Waals surface area contributed by atoms with Gasteiger partial charge in [0.15, 0.2) is 0 Å². The summed E-state index contributed by atoms with van der Waals surface area (Å²) in [5.74, 6) is 1.11. The van der Waals surface area contributed by atoms with Crippen molar-refractivity contribution in [2.24, 2.45) is 0 Å². The fourth-order valence-corrected chi connectivity index (χ4v) is 2.83. The first kappa shape index (κ1) is 18.1. The zero-order valence-corrected chi connectivity index (χ0v) is 14.9. The van der Waals surface area contributed by atoms with Gasteiger partial charge in [0.2, 0.25) is 23.5 Å². The molecule has 3 aromatic rings. The Morgan fingerprint density at radius 2 is 2.14 bits per heavy atom. The highest BCUT2D eigenvalue weighted by atomic mass is 19.1. The number of benzene rings is 1. The van der Waals surface area contributed by atoms with Gasteiger partial charge in [-0.1, -0.05) is 5.16 Å². The van der Waals surface area contributed by atoms with Gasteiger partial charge in [-0.2, -0.15) is 4.98 Å². The molecule has 0 aliphatic carbocycles. The molecule has 1 unspecified atom stereocenters. The zero-order valence-electron chi connectivity index (χ0n) is 14.9. The van der Waals surface area contributed by atoms with Gasteiger partial charge in [0.05, 0.1) is 12.6 Å². The highest BCUT2D eigenvalue weighted by molar-refractivity contribution is 5.81. The first-order valence-electron chi connectivity index (χ1n) is 8.91. The van der Waals surface area contributed by atoms with E-state index in [0.29, 0.717) is 28.9 Å². The van der Waals surface area contributed by atoms with E-state index in [-0.39, 0.29) is 24.3 Å². The normalized spacial score (nSPS) is 16.1. The largest absolute Gasteiger partial charge is 0.439 e. The Labute approximate surface area is 160 Å². The third-order valence-electron chi connectivity index (χ3n) is 4.29. The van der Waals surface area contributed by atoms with Crippen LogP contribution in [-0.2, 0) is 11.3 Å². The first-order valence-corrected chi connectivity index (χ1v) is 8.91. The van der Waals surface area contributed by atoms with E-state index >= 15 is 0 Å². The second-order valence-corrected chi connectivity index (χ2v) is 6.32. The number of carbonyl (C=O) groups excluding carboxylic acids is 1. The van der Waals surface area contributed by atoms with E-state index in [1.807, 2.05) is 0 Å². The van der Waals surface area contributed by atoms with Gasteiger partial charge in [-0.25, -0.2) is 9.37 Å². The van der Waals surface area contributed by atoms with Crippen molar-refractivity contribution in [1.29, 1.82) is 0 Å². The minimum absolute atomic E-state index is 0.0683. The van der Waals surface area contributed by atoms with Crippen LogP contribution < -0.4 is 15.4 Å². The third-order valence-corrected chi connectivity index (χ3v) is 4.29. The van der Waals surface area contributed by atoms with Crippen LogP contribution >= 0.6 is 0 Å². The molecular formula is C19H18FN5O3. The molecule has 0 bridgehead atoms. The van der Waals surface area contributed by atoms with E-state index in [1.165, 1.54) is 24.3 Å². The van der Waals surface area contributed by atoms with Crippen LogP contribution in [0, 0.1) is 5.82 Å².